The number of nitrogens with one attached hydrogen (secondary N) is 2. The van der Waals surface area contributed by atoms with Crippen LogP contribution in [0, 0.1) is 0 Å². The monoisotopic (exact) mass is 439 g/mol. The summed E-state index contributed by atoms with van der Waals surface area (Å²) in [5.74, 6) is 0.373. The average Bonchev–Trinajstić information content (AvgIpc) is 3.54. The Hall–Kier alpha value is -4.60. The minimum atomic E-state index is -0.497. The summed E-state index contributed by atoms with van der Waals surface area (Å²) in [6, 6.07) is 13.2. The molecule has 0 spiro atoms. The number of hydrogen-bond donors (Lipinski definition) is 2. The van der Waals surface area contributed by atoms with Crippen molar-refractivity contribution < 1.29 is 4.79 Å². The maximum Gasteiger partial charge on any atom is 0.242 e. The van der Waals surface area contributed by atoms with Crippen molar-refractivity contribution in [2.75, 3.05) is 12.4 Å². The van der Waals surface area contributed by atoms with Crippen molar-refractivity contribution in [2.45, 2.75) is 12.5 Å². The van der Waals surface area contributed by atoms with E-state index in [0.717, 1.165) is 16.9 Å². The molecule has 0 saturated carbocycles. The van der Waals surface area contributed by atoms with Crippen LogP contribution in [0.4, 0.5) is 5.82 Å². The van der Waals surface area contributed by atoms with Crippen LogP contribution in [0.25, 0.3) is 22.7 Å². The van der Waals surface area contributed by atoms with Crippen LogP contribution in [0.2, 0.25) is 0 Å². The van der Waals surface area contributed by atoms with Gasteiger partial charge < -0.3 is 10.6 Å². The van der Waals surface area contributed by atoms with E-state index in [-0.39, 0.29) is 5.91 Å². The summed E-state index contributed by atoms with van der Waals surface area (Å²) >= 11 is 0. The van der Waals surface area contributed by atoms with Crippen molar-refractivity contribution >= 4 is 17.4 Å². The molecule has 4 aromatic heterocycles. The summed E-state index contributed by atoms with van der Waals surface area (Å²) in [5, 5.41) is 10.1. The van der Waals surface area contributed by atoms with Crippen molar-refractivity contribution in [3.05, 3.63) is 85.5 Å². The number of rotatable bonds is 7. The lowest BCUT2D eigenvalue weighted by molar-refractivity contribution is -0.121. The maximum absolute atomic E-state index is 12.5. The SMILES string of the molecule is CNC(=O)[C@@H](Cc1ccccc1)Nc1cncc(-c2cnc3c(-n4cncn4)cccn23)n1. The van der Waals surface area contributed by atoms with Crippen LogP contribution in [0.1, 0.15) is 5.56 Å². The number of carbonyl (C=O) groups excluding carboxylic acids is 1. The summed E-state index contributed by atoms with van der Waals surface area (Å²) in [6.07, 6.45) is 10.5. The Balaban J connectivity index is 1.46. The van der Waals surface area contributed by atoms with E-state index in [4.69, 9.17) is 4.98 Å². The van der Waals surface area contributed by atoms with E-state index < -0.39 is 6.04 Å². The molecule has 1 atom stereocenters. The first kappa shape index (κ1) is 20.3. The summed E-state index contributed by atoms with van der Waals surface area (Å²) in [5.41, 5.74) is 3.95. The fourth-order valence-corrected chi connectivity index (χ4v) is 3.67. The average molecular weight is 439 g/mol. The maximum atomic E-state index is 12.5. The molecule has 0 radical (unpaired) electrons. The molecule has 0 aliphatic rings. The summed E-state index contributed by atoms with van der Waals surface area (Å²) in [6.45, 7) is 0. The number of aromatic nitrogens is 7. The van der Waals surface area contributed by atoms with Gasteiger partial charge in [0.15, 0.2) is 5.65 Å². The standard InChI is InChI=1S/C23H21N9O/c1-24-23(33)17(10-16-6-3-2-4-7-16)29-21-13-25-11-18(30-21)20-12-27-22-19(8-5-9-31(20)22)32-15-26-14-28-32/h2-9,11-15,17H,10H2,1H3,(H,24,33)(H,29,30)/t17-/m1/s1. The molecule has 4 heterocycles. The smallest absolute Gasteiger partial charge is 0.242 e. The Labute approximate surface area is 189 Å². The molecule has 0 bridgehead atoms. The number of likely N-dealkylation sites (N-methyl/N-ethyl adjacent to an activating group) is 1. The molecule has 5 aromatic rings. The van der Waals surface area contributed by atoms with Gasteiger partial charge in [0, 0.05) is 19.7 Å². The molecular weight excluding hydrogens is 418 g/mol. The van der Waals surface area contributed by atoms with E-state index >= 15 is 0 Å². The van der Waals surface area contributed by atoms with Crippen molar-refractivity contribution in [1.82, 2.24) is 39.4 Å². The lowest BCUT2D eigenvalue weighted by Gasteiger charge is -2.18. The number of nitrogens with zero attached hydrogens (tertiary/aromatic N) is 7. The Morgan fingerprint density at radius 2 is 1.94 bits per heavy atom. The van der Waals surface area contributed by atoms with Crippen LogP contribution >= 0.6 is 0 Å². The third kappa shape index (κ3) is 4.13. The predicted molar refractivity (Wildman–Crippen MR) is 123 cm³/mol. The van der Waals surface area contributed by atoms with Crippen LogP contribution in [0.15, 0.2) is 79.9 Å². The number of carbonyl (C=O) groups is 1. The molecular formula is C23H21N9O. The van der Waals surface area contributed by atoms with Gasteiger partial charge in [0.25, 0.3) is 0 Å². The van der Waals surface area contributed by atoms with E-state index in [0.29, 0.717) is 23.6 Å². The second-order valence-electron chi connectivity index (χ2n) is 7.36. The van der Waals surface area contributed by atoms with Gasteiger partial charge in [-0.25, -0.2) is 19.6 Å². The number of pyridine rings is 1. The van der Waals surface area contributed by atoms with Gasteiger partial charge >= 0.3 is 0 Å². The number of anilines is 1. The van der Waals surface area contributed by atoms with Gasteiger partial charge in [0.2, 0.25) is 5.91 Å². The van der Waals surface area contributed by atoms with Crippen LogP contribution in [0.3, 0.4) is 0 Å². The Morgan fingerprint density at radius 3 is 2.73 bits per heavy atom. The van der Waals surface area contributed by atoms with Gasteiger partial charge in [-0.15, -0.1) is 0 Å². The molecule has 1 amide bonds. The number of fused-ring (bicyclic) bond motifs is 1. The summed E-state index contributed by atoms with van der Waals surface area (Å²) < 4.78 is 3.58. The number of amides is 1. The molecule has 5 rings (SSSR count). The largest absolute Gasteiger partial charge is 0.357 e. The highest BCUT2D eigenvalue weighted by molar-refractivity contribution is 5.84. The third-order valence-corrected chi connectivity index (χ3v) is 5.25. The van der Waals surface area contributed by atoms with E-state index in [1.807, 2.05) is 53.1 Å². The first-order valence-corrected chi connectivity index (χ1v) is 10.4. The fraction of sp³-hybridized carbons (Fsp3) is 0.130. The van der Waals surface area contributed by atoms with Crippen molar-refractivity contribution in [3.8, 4) is 17.1 Å². The highest BCUT2D eigenvalue weighted by atomic mass is 16.2. The van der Waals surface area contributed by atoms with Crippen LogP contribution in [-0.2, 0) is 11.2 Å². The van der Waals surface area contributed by atoms with E-state index in [9.17, 15) is 4.79 Å². The highest BCUT2D eigenvalue weighted by Crippen LogP contribution is 2.23. The van der Waals surface area contributed by atoms with E-state index in [1.54, 1.807) is 36.6 Å². The number of imidazole rings is 1. The molecule has 0 aliphatic carbocycles. The minimum absolute atomic E-state index is 0.127. The Kier molecular flexibility index (Phi) is 5.46. The first-order chi connectivity index (χ1) is 16.2. The number of hydrogen-bond acceptors (Lipinski definition) is 7. The van der Waals surface area contributed by atoms with Crippen LogP contribution in [0.5, 0.6) is 0 Å². The van der Waals surface area contributed by atoms with Crippen molar-refractivity contribution in [3.63, 3.8) is 0 Å². The van der Waals surface area contributed by atoms with Gasteiger partial charge in [0.1, 0.15) is 35.9 Å². The van der Waals surface area contributed by atoms with E-state index in [2.05, 4.69) is 30.7 Å². The van der Waals surface area contributed by atoms with Crippen LogP contribution in [-0.4, -0.2) is 53.1 Å². The van der Waals surface area contributed by atoms with Gasteiger partial charge in [-0.2, -0.15) is 5.10 Å². The quantitative estimate of drug-likeness (QED) is 0.399. The topological polar surface area (TPSA) is 115 Å². The van der Waals surface area contributed by atoms with Gasteiger partial charge in [-0.3, -0.25) is 14.2 Å². The van der Waals surface area contributed by atoms with Gasteiger partial charge in [0.05, 0.1) is 24.3 Å². The molecule has 10 nitrogen and oxygen atoms in total. The first-order valence-electron chi connectivity index (χ1n) is 10.4. The third-order valence-electron chi connectivity index (χ3n) is 5.25. The Morgan fingerprint density at radius 1 is 1.06 bits per heavy atom. The zero-order valence-corrected chi connectivity index (χ0v) is 17.8. The number of benzene rings is 1. The molecule has 10 heteroatoms. The lowest BCUT2D eigenvalue weighted by Crippen LogP contribution is -2.39. The fourth-order valence-electron chi connectivity index (χ4n) is 3.67. The van der Waals surface area contributed by atoms with Crippen LogP contribution < -0.4 is 10.6 Å². The van der Waals surface area contributed by atoms with Crippen molar-refractivity contribution in [2.24, 2.45) is 0 Å². The predicted octanol–water partition coefficient (Wildman–Crippen LogP) is 2.14. The zero-order chi connectivity index (χ0) is 22.6. The Bertz CT molecular complexity index is 1380. The van der Waals surface area contributed by atoms with Gasteiger partial charge in [-0.1, -0.05) is 30.3 Å². The highest BCUT2D eigenvalue weighted by Gasteiger charge is 2.19. The van der Waals surface area contributed by atoms with Crippen molar-refractivity contribution in [1.29, 1.82) is 0 Å². The molecule has 164 valence electrons. The summed E-state index contributed by atoms with van der Waals surface area (Å²) in [7, 11) is 1.62. The van der Waals surface area contributed by atoms with Gasteiger partial charge in [-0.05, 0) is 17.7 Å². The second kappa shape index (κ2) is 8.87. The van der Waals surface area contributed by atoms with E-state index in [1.165, 1.54) is 6.33 Å². The lowest BCUT2D eigenvalue weighted by atomic mass is 10.1. The minimum Gasteiger partial charge on any atom is -0.357 e. The molecule has 0 unspecified atom stereocenters. The normalized spacial score (nSPS) is 11.9. The summed E-state index contributed by atoms with van der Waals surface area (Å²) in [4.78, 5) is 30.1. The zero-order valence-electron chi connectivity index (χ0n) is 17.8. The second-order valence-corrected chi connectivity index (χ2v) is 7.36. The molecule has 0 fully saturated rings. The molecule has 0 saturated heterocycles. The molecule has 2 N–H and O–H groups in total. The molecule has 33 heavy (non-hydrogen) atoms. The molecule has 1 aromatic carbocycles. The molecule has 0 aliphatic heterocycles.